The summed E-state index contributed by atoms with van der Waals surface area (Å²) in [6.07, 6.45) is 0. The van der Waals surface area contributed by atoms with Gasteiger partial charge in [0.25, 0.3) is 0 Å². The SMILES string of the molecule is CNc1ccc(O)c(CN2CCN(CCOC)CC2)c1. The molecule has 20 heavy (non-hydrogen) atoms. The van der Waals surface area contributed by atoms with Crippen molar-refractivity contribution in [2.75, 3.05) is 58.8 Å². The Balaban J connectivity index is 1.86. The third kappa shape index (κ3) is 4.10. The van der Waals surface area contributed by atoms with Crippen LogP contribution in [-0.4, -0.2) is 68.4 Å². The molecule has 1 fully saturated rings. The van der Waals surface area contributed by atoms with Crippen LogP contribution < -0.4 is 5.32 Å². The largest absolute Gasteiger partial charge is 0.508 e. The first-order valence-corrected chi connectivity index (χ1v) is 7.16. The van der Waals surface area contributed by atoms with Crippen molar-refractivity contribution < 1.29 is 9.84 Å². The second-order valence-electron chi connectivity index (χ2n) is 5.20. The molecule has 1 aromatic carbocycles. The summed E-state index contributed by atoms with van der Waals surface area (Å²) in [4.78, 5) is 4.81. The van der Waals surface area contributed by atoms with Crippen molar-refractivity contribution >= 4 is 5.69 Å². The normalized spacial score (nSPS) is 17.3. The maximum atomic E-state index is 9.95. The Labute approximate surface area is 121 Å². The Kier molecular flexibility index (Phi) is 5.64. The molecule has 1 aliphatic rings. The van der Waals surface area contributed by atoms with Gasteiger partial charge in [-0.3, -0.25) is 9.80 Å². The van der Waals surface area contributed by atoms with E-state index in [1.807, 2.05) is 19.2 Å². The third-order valence-electron chi connectivity index (χ3n) is 3.84. The molecule has 1 aliphatic heterocycles. The highest BCUT2D eigenvalue weighted by Crippen LogP contribution is 2.23. The summed E-state index contributed by atoms with van der Waals surface area (Å²) in [5.41, 5.74) is 2.03. The zero-order valence-corrected chi connectivity index (χ0v) is 12.4. The van der Waals surface area contributed by atoms with E-state index in [4.69, 9.17) is 4.74 Å². The lowest BCUT2D eigenvalue weighted by Gasteiger charge is -2.34. The number of benzene rings is 1. The van der Waals surface area contributed by atoms with Crippen molar-refractivity contribution in [1.82, 2.24) is 9.80 Å². The number of piperazine rings is 1. The Morgan fingerprint density at radius 2 is 1.90 bits per heavy atom. The topological polar surface area (TPSA) is 48.0 Å². The van der Waals surface area contributed by atoms with E-state index in [-0.39, 0.29) is 0 Å². The standard InChI is InChI=1S/C15H25N3O2/c1-16-14-3-4-15(19)13(11-14)12-18-7-5-17(6-8-18)9-10-20-2/h3-4,11,16,19H,5-10,12H2,1-2H3. The molecule has 2 rings (SSSR count). The number of nitrogens with one attached hydrogen (secondary N) is 1. The zero-order valence-electron chi connectivity index (χ0n) is 12.4. The van der Waals surface area contributed by atoms with Crippen molar-refractivity contribution in [2.24, 2.45) is 0 Å². The molecule has 1 saturated heterocycles. The molecule has 0 spiro atoms. The first kappa shape index (κ1) is 15.1. The summed E-state index contributed by atoms with van der Waals surface area (Å²) < 4.78 is 5.11. The van der Waals surface area contributed by atoms with E-state index in [9.17, 15) is 5.11 Å². The molecule has 0 bridgehead atoms. The number of phenols is 1. The van der Waals surface area contributed by atoms with Crippen LogP contribution in [0.1, 0.15) is 5.56 Å². The fourth-order valence-electron chi connectivity index (χ4n) is 2.50. The van der Waals surface area contributed by atoms with Crippen LogP contribution in [0.2, 0.25) is 0 Å². The van der Waals surface area contributed by atoms with Gasteiger partial charge >= 0.3 is 0 Å². The van der Waals surface area contributed by atoms with Crippen LogP contribution in [0, 0.1) is 0 Å². The minimum absolute atomic E-state index is 0.380. The van der Waals surface area contributed by atoms with E-state index >= 15 is 0 Å². The number of anilines is 1. The van der Waals surface area contributed by atoms with Crippen LogP contribution in [0.25, 0.3) is 0 Å². The van der Waals surface area contributed by atoms with Crippen molar-refractivity contribution in [3.8, 4) is 5.75 Å². The van der Waals surface area contributed by atoms with Gasteiger partial charge in [0.05, 0.1) is 6.61 Å². The second kappa shape index (κ2) is 7.47. The van der Waals surface area contributed by atoms with Crippen LogP contribution in [0.4, 0.5) is 5.69 Å². The highest BCUT2D eigenvalue weighted by Gasteiger charge is 2.17. The van der Waals surface area contributed by atoms with Gasteiger partial charge in [-0.15, -0.1) is 0 Å². The summed E-state index contributed by atoms with van der Waals surface area (Å²) >= 11 is 0. The van der Waals surface area contributed by atoms with E-state index in [0.29, 0.717) is 5.75 Å². The van der Waals surface area contributed by atoms with Gasteiger partial charge in [0.2, 0.25) is 0 Å². The van der Waals surface area contributed by atoms with Crippen molar-refractivity contribution in [3.63, 3.8) is 0 Å². The lowest BCUT2D eigenvalue weighted by atomic mass is 10.1. The van der Waals surface area contributed by atoms with Crippen LogP contribution in [0.3, 0.4) is 0 Å². The average molecular weight is 279 g/mol. The molecule has 1 aromatic rings. The van der Waals surface area contributed by atoms with E-state index < -0.39 is 0 Å². The van der Waals surface area contributed by atoms with E-state index in [1.54, 1.807) is 13.2 Å². The molecular weight excluding hydrogens is 254 g/mol. The van der Waals surface area contributed by atoms with Crippen molar-refractivity contribution in [1.29, 1.82) is 0 Å². The minimum Gasteiger partial charge on any atom is -0.508 e. The third-order valence-corrected chi connectivity index (χ3v) is 3.84. The fourth-order valence-corrected chi connectivity index (χ4v) is 2.50. The molecule has 5 heteroatoms. The molecule has 0 aliphatic carbocycles. The zero-order chi connectivity index (χ0) is 14.4. The number of rotatable bonds is 6. The molecule has 0 radical (unpaired) electrons. The highest BCUT2D eigenvalue weighted by atomic mass is 16.5. The van der Waals surface area contributed by atoms with Gasteiger partial charge in [-0.25, -0.2) is 0 Å². The van der Waals surface area contributed by atoms with Gasteiger partial charge in [-0.05, 0) is 18.2 Å². The second-order valence-corrected chi connectivity index (χ2v) is 5.20. The summed E-state index contributed by atoms with van der Waals surface area (Å²) in [5, 5.41) is 13.1. The molecule has 0 amide bonds. The maximum absolute atomic E-state index is 9.95. The lowest BCUT2D eigenvalue weighted by Crippen LogP contribution is -2.46. The summed E-state index contributed by atoms with van der Waals surface area (Å²) in [6.45, 7) is 6.81. The van der Waals surface area contributed by atoms with Gasteiger partial charge in [-0.2, -0.15) is 0 Å². The van der Waals surface area contributed by atoms with Gasteiger partial charge in [0.15, 0.2) is 0 Å². The fraction of sp³-hybridized carbons (Fsp3) is 0.600. The maximum Gasteiger partial charge on any atom is 0.120 e. The minimum atomic E-state index is 0.380. The van der Waals surface area contributed by atoms with Gasteiger partial charge in [0.1, 0.15) is 5.75 Å². The van der Waals surface area contributed by atoms with E-state index in [2.05, 4.69) is 15.1 Å². The number of hydrogen-bond acceptors (Lipinski definition) is 5. The smallest absolute Gasteiger partial charge is 0.120 e. The highest BCUT2D eigenvalue weighted by molar-refractivity contribution is 5.50. The monoisotopic (exact) mass is 279 g/mol. The molecule has 112 valence electrons. The summed E-state index contributed by atoms with van der Waals surface area (Å²) in [5.74, 6) is 0.380. The Morgan fingerprint density at radius 1 is 1.20 bits per heavy atom. The molecule has 1 heterocycles. The van der Waals surface area contributed by atoms with Gasteiger partial charge in [-0.1, -0.05) is 0 Å². The van der Waals surface area contributed by atoms with E-state index in [1.165, 1.54) is 0 Å². The van der Waals surface area contributed by atoms with Crippen molar-refractivity contribution in [3.05, 3.63) is 23.8 Å². The number of methoxy groups -OCH3 is 1. The van der Waals surface area contributed by atoms with Crippen LogP contribution in [-0.2, 0) is 11.3 Å². The molecule has 0 aromatic heterocycles. The summed E-state index contributed by atoms with van der Waals surface area (Å²) in [6, 6.07) is 5.67. The number of nitrogens with zero attached hydrogens (tertiary/aromatic N) is 2. The number of phenolic OH excluding ortho intramolecular Hbond substituents is 1. The molecule has 2 N–H and O–H groups in total. The molecule has 5 nitrogen and oxygen atoms in total. The Morgan fingerprint density at radius 3 is 2.55 bits per heavy atom. The Bertz CT molecular complexity index is 418. The molecule has 0 unspecified atom stereocenters. The molecular formula is C15H25N3O2. The average Bonchev–Trinajstić information content (AvgIpc) is 2.49. The number of aromatic hydroxyl groups is 1. The van der Waals surface area contributed by atoms with Crippen LogP contribution >= 0.6 is 0 Å². The van der Waals surface area contributed by atoms with E-state index in [0.717, 1.165) is 57.1 Å². The van der Waals surface area contributed by atoms with Gasteiger partial charge < -0.3 is 15.2 Å². The Hall–Kier alpha value is -1.30. The first-order chi connectivity index (χ1) is 9.72. The van der Waals surface area contributed by atoms with Crippen LogP contribution in [0.5, 0.6) is 5.75 Å². The van der Waals surface area contributed by atoms with Crippen LogP contribution in [0.15, 0.2) is 18.2 Å². The number of hydrogen-bond donors (Lipinski definition) is 2. The lowest BCUT2D eigenvalue weighted by molar-refractivity contribution is 0.0934. The predicted molar refractivity (Wildman–Crippen MR) is 81.2 cm³/mol. The van der Waals surface area contributed by atoms with Gasteiger partial charge in [0, 0.05) is 64.7 Å². The quantitative estimate of drug-likeness (QED) is 0.766. The summed E-state index contributed by atoms with van der Waals surface area (Å²) in [7, 11) is 3.64. The van der Waals surface area contributed by atoms with Crippen molar-refractivity contribution in [2.45, 2.75) is 6.54 Å². The number of ether oxygens (including phenoxy) is 1. The molecule has 0 atom stereocenters. The first-order valence-electron chi connectivity index (χ1n) is 7.16. The predicted octanol–water partition coefficient (Wildman–Crippen LogP) is 1.20. The molecule has 0 saturated carbocycles.